The predicted molar refractivity (Wildman–Crippen MR) is 107 cm³/mol. The van der Waals surface area contributed by atoms with Gasteiger partial charge in [0, 0.05) is 18.2 Å². The first-order valence-corrected chi connectivity index (χ1v) is 9.97. The zero-order valence-electron chi connectivity index (χ0n) is 16.1. The Labute approximate surface area is 170 Å². The molecule has 150 valence electrons. The van der Waals surface area contributed by atoms with Gasteiger partial charge in [-0.3, -0.25) is 9.59 Å². The van der Waals surface area contributed by atoms with Gasteiger partial charge in [-0.2, -0.15) is 0 Å². The van der Waals surface area contributed by atoms with Crippen molar-refractivity contribution >= 4 is 40.8 Å². The molecule has 2 atom stereocenters. The van der Waals surface area contributed by atoms with Crippen LogP contribution in [0, 0.1) is 0 Å². The molecule has 1 saturated heterocycles. The van der Waals surface area contributed by atoms with Crippen LogP contribution in [0.5, 0.6) is 0 Å². The fourth-order valence-corrected chi connectivity index (χ4v) is 3.57. The third kappa shape index (κ3) is 8.01. The second kappa shape index (κ2) is 9.68. The molecule has 1 aromatic heterocycles. The van der Waals surface area contributed by atoms with Gasteiger partial charge >= 0.3 is 0 Å². The minimum atomic E-state index is -0.214. The summed E-state index contributed by atoms with van der Waals surface area (Å²) in [6.45, 7) is 10.3. The monoisotopic (exact) mass is 417 g/mol. The Balaban J connectivity index is 1.80. The molecule has 1 aliphatic rings. The molecular formula is C18H29Cl2N5O2+2. The summed E-state index contributed by atoms with van der Waals surface area (Å²) in [4.78, 5) is 30.9. The van der Waals surface area contributed by atoms with Gasteiger partial charge < -0.3 is 20.4 Å². The fourth-order valence-electron chi connectivity index (χ4n) is 3.14. The quantitative estimate of drug-likeness (QED) is 0.517. The summed E-state index contributed by atoms with van der Waals surface area (Å²) in [7, 11) is 0. The number of aromatic nitrogens is 1. The number of carbonyl (C=O) groups excluding carboxylic acids is 2. The highest BCUT2D eigenvalue weighted by molar-refractivity contribution is 6.36. The van der Waals surface area contributed by atoms with E-state index in [4.69, 9.17) is 23.2 Å². The van der Waals surface area contributed by atoms with E-state index >= 15 is 0 Å². The number of quaternary nitrogens is 2. The molecule has 1 aliphatic heterocycles. The lowest BCUT2D eigenvalue weighted by atomic mass is 10.1. The maximum absolute atomic E-state index is 12.3. The van der Waals surface area contributed by atoms with E-state index < -0.39 is 0 Å². The summed E-state index contributed by atoms with van der Waals surface area (Å²) >= 11 is 11.9. The number of anilines is 1. The van der Waals surface area contributed by atoms with Gasteiger partial charge in [-0.25, -0.2) is 4.98 Å². The highest BCUT2D eigenvalue weighted by Gasteiger charge is 2.25. The lowest BCUT2D eigenvalue weighted by Crippen LogP contribution is -3.18. The van der Waals surface area contributed by atoms with E-state index in [1.165, 1.54) is 16.0 Å². The molecule has 2 amide bonds. The Hall–Kier alpha value is -1.41. The van der Waals surface area contributed by atoms with E-state index in [0.717, 1.165) is 32.6 Å². The van der Waals surface area contributed by atoms with E-state index in [9.17, 15) is 9.59 Å². The van der Waals surface area contributed by atoms with Gasteiger partial charge in [0.05, 0.1) is 23.1 Å². The molecular weight excluding hydrogens is 389 g/mol. The number of pyridine rings is 1. The number of carbonyl (C=O) groups is 2. The lowest BCUT2D eigenvalue weighted by Gasteiger charge is -2.22. The number of hydrogen-bond acceptors (Lipinski definition) is 3. The van der Waals surface area contributed by atoms with Crippen LogP contribution in [-0.2, 0) is 9.59 Å². The lowest BCUT2D eigenvalue weighted by molar-refractivity contribution is -0.930. The van der Waals surface area contributed by atoms with E-state index in [0.29, 0.717) is 29.0 Å². The molecule has 0 aliphatic carbocycles. The largest absolute Gasteiger partial charge is 0.347 e. The van der Waals surface area contributed by atoms with E-state index in [2.05, 4.69) is 15.6 Å². The van der Waals surface area contributed by atoms with E-state index in [1.54, 1.807) is 6.07 Å². The molecule has 27 heavy (non-hydrogen) atoms. The van der Waals surface area contributed by atoms with Crippen LogP contribution in [0.25, 0.3) is 0 Å². The van der Waals surface area contributed by atoms with Crippen molar-refractivity contribution in [2.45, 2.75) is 32.7 Å². The number of nitrogens with one attached hydrogen (secondary N) is 4. The van der Waals surface area contributed by atoms with Crippen LogP contribution in [0.3, 0.4) is 0 Å². The van der Waals surface area contributed by atoms with Crippen LogP contribution in [0.4, 0.5) is 5.82 Å². The van der Waals surface area contributed by atoms with Gasteiger partial charge in [-0.15, -0.1) is 0 Å². The smallest absolute Gasteiger partial charge is 0.280 e. The highest BCUT2D eigenvalue weighted by atomic mass is 35.5. The second-order valence-corrected chi connectivity index (χ2v) is 8.88. The Kier molecular flexibility index (Phi) is 7.85. The first-order valence-electron chi connectivity index (χ1n) is 9.21. The van der Waals surface area contributed by atoms with Crippen molar-refractivity contribution < 1.29 is 19.4 Å². The van der Waals surface area contributed by atoms with Gasteiger partial charge in [0.25, 0.3) is 11.8 Å². The summed E-state index contributed by atoms with van der Waals surface area (Å²) in [5.74, 6) is 0.268. The van der Waals surface area contributed by atoms with Crippen LogP contribution < -0.4 is 20.4 Å². The fraction of sp³-hybridized carbons (Fsp3) is 0.611. The first kappa shape index (κ1) is 21.9. The van der Waals surface area contributed by atoms with Crippen molar-refractivity contribution in [1.29, 1.82) is 0 Å². The van der Waals surface area contributed by atoms with Gasteiger partial charge in [-0.1, -0.05) is 23.2 Å². The van der Waals surface area contributed by atoms with Gasteiger partial charge in [-0.05, 0) is 26.8 Å². The maximum Gasteiger partial charge on any atom is 0.280 e. The number of halogens is 2. The Bertz CT molecular complexity index is 678. The minimum Gasteiger partial charge on any atom is -0.347 e. The molecule has 2 unspecified atom stereocenters. The van der Waals surface area contributed by atoms with Crippen LogP contribution in [0.1, 0.15) is 27.2 Å². The number of nitrogens with zero attached hydrogens (tertiary/aromatic N) is 1. The predicted octanol–water partition coefficient (Wildman–Crippen LogP) is -0.585. The summed E-state index contributed by atoms with van der Waals surface area (Å²) < 4.78 is 0. The molecule has 2 rings (SSSR count). The van der Waals surface area contributed by atoms with Crippen molar-refractivity contribution in [2.75, 3.05) is 44.6 Å². The van der Waals surface area contributed by atoms with Gasteiger partial charge in [0.15, 0.2) is 18.9 Å². The number of rotatable bonds is 5. The topological polar surface area (TPSA) is 80.0 Å². The first-order chi connectivity index (χ1) is 12.6. The number of hydrogen-bond donors (Lipinski definition) is 4. The SMILES string of the molecule is CC(C)(C)NC(=O)C[NH+]1CCC[NH+](CC(=O)Nc2ncc(Cl)cc2Cl)CC1. The average Bonchev–Trinajstić information content (AvgIpc) is 2.73. The Morgan fingerprint density at radius 1 is 1.07 bits per heavy atom. The third-order valence-electron chi connectivity index (χ3n) is 4.29. The van der Waals surface area contributed by atoms with Crippen LogP contribution in [-0.4, -0.2) is 61.6 Å². The van der Waals surface area contributed by atoms with Crippen molar-refractivity contribution in [3.8, 4) is 0 Å². The Morgan fingerprint density at radius 3 is 2.22 bits per heavy atom. The van der Waals surface area contributed by atoms with Crippen LogP contribution in [0.2, 0.25) is 10.0 Å². The molecule has 1 fully saturated rings. The van der Waals surface area contributed by atoms with Crippen molar-refractivity contribution in [2.24, 2.45) is 0 Å². The maximum atomic E-state index is 12.3. The summed E-state index contributed by atoms with van der Waals surface area (Å²) in [5, 5.41) is 6.50. The van der Waals surface area contributed by atoms with Crippen LogP contribution in [0.15, 0.2) is 12.3 Å². The summed E-state index contributed by atoms with van der Waals surface area (Å²) in [6, 6.07) is 1.55. The van der Waals surface area contributed by atoms with Gasteiger partial charge in [0.2, 0.25) is 0 Å². The molecule has 0 saturated carbocycles. The molecule has 4 N–H and O–H groups in total. The van der Waals surface area contributed by atoms with E-state index in [1.807, 2.05) is 20.8 Å². The van der Waals surface area contributed by atoms with Crippen molar-refractivity contribution in [3.05, 3.63) is 22.3 Å². The average molecular weight is 418 g/mol. The minimum absolute atomic E-state index is 0.0714. The number of amides is 2. The highest BCUT2D eigenvalue weighted by Crippen LogP contribution is 2.22. The van der Waals surface area contributed by atoms with Crippen LogP contribution >= 0.6 is 23.2 Å². The summed E-state index contributed by atoms with van der Waals surface area (Å²) in [6.07, 6.45) is 2.42. The zero-order chi connectivity index (χ0) is 20.0. The van der Waals surface area contributed by atoms with Gasteiger partial charge in [0.1, 0.15) is 13.1 Å². The molecule has 9 heteroatoms. The molecule has 7 nitrogen and oxygen atoms in total. The normalized spacial score (nSPS) is 20.6. The molecule has 1 aromatic rings. The summed E-state index contributed by atoms with van der Waals surface area (Å²) in [5.41, 5.74) is -0.214. The Morgan fingerprint density at radius 2 is 1.67 bits per heavy atom. The second-order valence-electron chi connectivity index (χ2n) is 8.04. The van der Waals surface area contributed by atoms with Crippen molar-refractivity contribution in [3.63, 3.8) is 0 Å². The van der Waals surface area contributed by atoms with Crippen molar-refractivity contribution in [1.82, 2.24) is 10.3 Å². The molecule has 0 spiro atoms. The molecule has 0 aromatic carbocycles. The standard InChI is InChI=1S/C18H27Cl2N5O2/c1-18(2,3)23-16(27)12-25-6-4-5-24(7-8-25)11-15(26)22-17-14(20)9-13(19)10-21-17/h9-10H,4-8,11-12H2,1-3H3,(H,23,27)(H,21,22,26)/p+2. The molecule has 0 radical (unpaired) electrons. The third-order valence-corrected chi connectivity index (χ3v) is 4.79. The zero-order valence-corrected chi connectivity index (χ0v) is 17.6. The molecule has 0 bridgehead atoms. The van der Waals surface area contributed by atoms with E-state index in [-0.39, 0.29) is 17.4 Å². The molecule has 2 heterocycles.